The lowest BCUT2D eigenvalue weighted by Gasteiger charge is -2.20. The minimum atomic E-state index is -2.81. The second-order valence-electron chi connectivity index (χ2n) is 5.09. The van der Waals surface area contributed by atoms with Gasteiger partial charge in [0.1, 0.15) is 12.2 Å². The van der Waals surface area contributed by atoms with E-state index < -0.39 is 17.7 Å². The van der Waals surface area contributed by atoms with Crippen LogP contribution in [0, 0.1) is 18.3 Å². The second-order valence-corrected chi connectivity index (χ2v) is 5.09. The van der Waals surface area contributed by atoms with Crippen LogP contribution in [-0.2, 0) is 15.2 Å². The molecule has 0 heterocycles. The molecule has 0 aromatic heterocycles. The third-order valence-corrected chi connectivity index (χ3v) is 3.44. The zero-order valence-electron chi connectivity index (χ0n) is 12.4. The molecule has 0 aliphatic heterocycles. The maximum absolute atomic E-state index is 14.8. The number of benzene rings is 2. The maximum Gasteiger partial charge on any atom is 0.364 e. The fraction of sp³-hybridized carbons (Fsp3) is 0.222. The van der Waals surface area contributed by atoms with E-state index in [1.165, 1.54) is 18.2 Å². The summed E-state index contributed by atoms with van der Waals surface area (Å²) in [6.07, 6.45) is -0.636. The fourth-order valence-corrected chi connectivity index (χ4v) is 2.05. The van der Waals surface area contributed by atoms with E-state index in [0.29, 0.717) is 0 Å². The van der Waals surface area contributed by atoms with Gasteiger partial charge < -0.3 is 4.74 Å². The smallest absolute Gasteiger partial charge is 0.364 e. The lowest BCUT2D eigenvalue weighted by atomic mass is 9.96. The number of ether oxygens (including phenoxy) is 1. The predicted octanol–water partition coefficient (Wildman–Crippen LogP) is 3.99. The molecule has 2 atom stereocenters. The highest BCUT2D eigenvalue weighted by Crippen LogP contribution is 2.30. The molecule has 4 heteroatoms. The van der Waals surface area contributed by atoms with Crippen molar-refractivity contribution >= 4 is 5.97 Å². The van der Waals surface area contributed by atoms with E-state index in [-0.39, 0.29) is 5.56 Å². The Hall–Kier alpha value is -2.67. The van der Waals surface area contributed by atoms with Gasteiger partial charge in [0.2, 0.25) is 0 Å². The summed E-state index contributed by atoms with van der Waals surface area (Å²) in [6, 6.07) is 16.5. The minimum absolute atomic E-state index is 0.0224. The topological polar surface area (TPSA) is 50.1 Å². The molecule has 22 heavy (non-hydrogen) atoms. The molecule has 0 amide bonds. The van der Waals surface area contributed by atoms with Crippen LogP contribution < -0.4 is 0 Å². The fourth-order valence-electron chi connectivity index (χ4n) is 2.05. The highest BCUT2D eigenvalue weighted by Gasteiger charge is 2.43. The van der Waals surface area contributed by atoms with Gasteiger partial charge in [0.05, 0.1) is 0 Å². The third kappa shape index (κ3) is 3.15. The van der Waals surface area contributed by atoms with E-state index in [0.717, 1.165) is 11.1 Å². The summed E-state index contributed by atoms with van der Waals surface area (Å²) in [5.74, 6) is -1.20. The van der Waals surface area contributed by atoms with Gasteiger partial charge in [-0.1, -0.05) is 60.2 Å². The number of hydrogen-bond donors (Lipinski definition) is 0. The Morgan fingerprint density at radius 3 is 2.32 bits per heavy atom. The van der Waals surface area contributed by atoms with Crippen LogP contribution in [0.5, 0.6) is 0 Å². The molecule has 0 N–H and O–H groups in total. The molecule has 0 fully saturated rings. The van der Waals surface area contributed by atoms with Gasteiger partial charge in [-0.25, -0.2) is 9.18 Å². The van der Waals surface area contributed by atoms with E-state index >= 15 is 0 Å². The number of halogens is 1. The summed E-state index contributed by atoms with van der Waals surface area (Å²) in [7, 11) is 0. The summed E-state index contributed by atoms with van der Waals surface area (Å²) in [4.78, 5) is 12.1. The van der Waals surface area contributed by atoms with Crippen molar-refractivity contribution in [2.45, 2.75) is 25.6 Å². The molecule has 0 saturated carbocycles. The molecule has 2 aromatic rings. The molecular formula is C18H16FNO2. The average Bonchev–Trinajstić information content (AvgIpc) is 2.55. The number of carbonyl (C=O) groups excluding carboxylic acids is 1. The van der Waals surface area contributed by atoms with Crippen molar-refractivity contribution in [3.63, 3.8) is 0 Å². The van der Waals surface area contributed by atoms with Crippen LogP contribution in [0.2, 0.25) is 0 Å². The standard InChI is InChI=1S/C18H16FNO2/c1-13-8-10-16(11-9-13)18(19,12-20)17(21)22-14(2)15-6-4-3-5-7-15/h3-11,14H,1-2H3/t14-,18?/m1/s1. The zero-order valence-corrected chi connectivity index (χ0v) is 12.4. The van der Waals surface area contributed by atoms with Gasteiger partial charge >= 0.3 is 11.6 Å². The van der Waals surface area contributed by atoms with Crippen LogP contribution in [0.15, 0.2) is 54.6 Å². The number of hydrogen-bond acceptors (Lipinski definition) is 3. The molecule has 2 rings (SSSR count). The number of esters is 1. The van der Waals surface area contributed by atoms with Crippen LogP contribution in [0.4, 0.5) is 4.39 Å². The van der Waals surface area contributed by atoms with Gasteiger partial charge in [-0.3, -0.25) is 0 Å². The van der Waals surface area contributed by atoms with Gasteiger partial charge in [-0.05, 0) is 19.4 Å². The molecule has 1 unspecified atom stereocenters. The first kappa shape index (κ1) is 15.7. The van der Waals surface area contributed by atoms with Crippen LogP contribution in [0.3, 0.4) is 0 Å². The van der Waals surface area contributed by atoms with Gasteiger partial charge in [-0.15, -0.1) is 0 Å². The third-order valence-electron chi connectivity index (χ3n) is 3.44. The molecule has 0 bridgehead atoms. The predicted molar refractivity (Wildman–Crippen MR) is 80.5 cm³/mol. The molecule has 0 radical (unpaired) electrons. The monoisotopic (exact) mass is 297 g/mol. The molecule has 0 aliphatic rings. The molecule has 0 saturated heterocycles. The lowest BCUT2D eigenvalue weighted by molar-refractivity contribution is -0.159. The first-order valence-corrected chi connectivity index (χ1v) is 6.90. The van der Waals surface area contributed by atoms with E-state index in [1.807, 2.05) is 13.0 Å². The van der Waals surface area contributed by atoms with Gasteiger partial charge in [0, 0.05) is 5.56 Å². The molecule has 0 aliphatic carbocycles. The Labute approximate surface area is 129 Å². The quantitative estimate of drug-likeness (QED) is 0.802. The van der Waals surface area contributed by atoms with Crippen LogP contribution in [-0.4, -0.2) is 5.97 Å². The number of aryl methyl sites for hydroxylation is 1. The number of carbonyl (C=O) groups is 1. The highest BCUT2D eigenvalue weighted by molar-refractivity contribution is 5.84. The number of nitrogens with zero attached hydrogens (tertiary/aromatic N) is 1. The van der Waals surface area contributed by atoms with Crippen molar-refractivity contribution in [3.05, 3.63) is 71.3 Å². The molecule has 112 valence electrons. The zero-order chi connectivity index (χ0) is 16.2. The SMILES string of the molecule is Cc1ccc(C(F)(C#N)C(=O)O[C@H](C)c2ccccc2)cc1. The van der Waals surface area contributed by atoms with E-state index in [4.69, 9.17) is 10.00 Å². The van der Waals surface area contributed by atoms with E-state index in [1.54, 1.807) is 43.3 Å². The Morgan fingerprint density at radius 1 is 1.18 bits per heavy atom. The Balaban J connectivity index is 2.22. The van der Waals surface area contributed by atoms with Crippen LogP contribution in [0.25, 0.3) is 0 Å². The Bertz CT molecular complexity index is 691. The Morgan fingerprint density at radius 2 is 1.77 bits per heavy atom. The molecule has 3 nitrogen and oxygen atoms in total. The summed E-state index contributed by atoms with van der Waals surface area (Å²) < 4.78 is 20.0. The summed E-state index contributed by atoms with van der Waals surface area (Å²) in [5, 5.41) is 9.14. The normalized spacial score (nSPS) is 14.5. The van der Waals surface area contributed by atoms with E-state index in [9.17, 15) is 9.18 Å². The van der Waals surface area contributed by atoms with Crippen molar-refractivity contribution in [1.82, 2.24) is 0 Å². The van der Waals surface area contributed by atoms with Gasteiger partial charge in [0.15, 0.2) is 0 Å². The van der Waals surface area contributed by atoms with Gasteiger partial charge in [-0.2, -0.15) is 5.26 Å². The van der Waals surface area contributed by atoms with Crippen LogP contribution >= 0.6 is 0 Å². The van der Waals surface area contributed by atoms with Crippen molar-refractivity contribution < 1.29 is 13.9 Å². The maximum atomic E-state index is 14.8. The average molecular weight is 297 g/mol. The second kappa shape index (κ2) is 6.40. The number of nitriles is 1. The molecule has 0 spiro atoms. The Kier molecular flexibility index (Phi) is 4.57. The molecule has 2 aromatic carbocycles. The van der Waals surface area contributed by atoms with E-state index in [2.05, 4.69) is 0 Å². The van der Waals surface area contributed by atoms with Crippen molar-refractivity contribution in [3.8, 4) is 6.07 Å². The molecular weight excluding hydrogens is 281 g/mol. The highest BCUT2D eigenvalue weighted by atomic mass is 19.1. The largest absolute Gasteiger partial charge is 0.454 e. The summed E-state index contributed by atoms with van der Waals surface area (Å²) in [6.45, 7) is 3.48. The number of alkyl halides is 1. The van der Waals surface area contributed by atoms with Gasteiger partial charge in [0.25, 0.3) is 0 Å². The minimum Gasteiger partial charge on any atom is -0.454 e. The number of rotatable bonds is 4. The lowest BCUT2D eigenvalue weighted by Crippen LogP contribution is -2.32. The summed E-state index contributed by atoms with van der Waals surface area (Å²) in [5.41, 5.74) is -1.18. The van der Waals surface area contributed by atoms with Crippen LogP contribution in [0.1, 0.15) is 29.7 Å². The summed E-state index contributed by atoms with van der Waals surface area (Å²) >= 11 is 0. The van der Waals surface area contributed by atoms with Crippen molar-refractivity contribution in [2.24, 2.45) is 0 Å². The van der Waals surface area contributed by atoms with Crippen molar-refractivity contribution in [2.75, 3.05) is 0 Å². The first-order chi connectivity index (χ1) is 10.5. The first-order valence-electron chi connectivity index (χ1n) is 6.90. The van der Waals surface area contributed by atoms with Crippen molar-refractivity contribution in [1.29, 1.82) is 5.26 Å².